The van der Waals surface area contributed by atoms with Crippen molar-refractivity contribution >= 4 is 59.0 Å². The van der Waals surface area contributed by atoms with Gasteiger partial charge < -0.3 is 4.57 Å². The highest BCUT2D eigenvalue weighted by molar-refractivity contribution is 7.26. The molecule has 4 heteroatoms. The third-order valence-corrected chi connectivity index (χ3v) is 10.8. The van der Waals surface area contributed by atoms with Gasteiger partial charge in [0, 0.05) is 36.5 Å². The van der Waals surface area contributed by atoms with E-state index in [-0.39, 0.29) is 5.41 Å². The first-order valence-electron chi connectivity index (χ1n) is 15.0. The number of rotatable bonds is 2. The van der Waals surface area contributed by atoms with Crippen LogP contribution in [0, 0.1) is 17.9 Å². The molecule has 1 aliphatic rings. The zero-order chi connectivity index (χ0) is 30.4. The van der Waals surface area contributed by atoms with Gasteiger partial charge in [0.05, 0.1) is 34.9 Å². The van der Waals surface area contributed by atoms with Crippen LogP contribution in [0.1, 0.15) is 30.5 Å². The molecule has 0 N–H and O–H groups in total. The van der Waals surface area contributed by atoms with Crippen molar-refractivity contribution in [1.29, 1.82) is 5.26 Å². The van der Waals surface area contributed by atoms with E-state index in [9.17, 15) is 5.26 Å². The predicted octanol–water partition coefficient (Wildman–Crippen LogP) is 11.5. The van der Waals surface area contributed by atoms with Gasteiger partial charge in [-0.15, -0.1) is 11.3 Å². The lowest BCUT2D eigenvalue weighted by molar-refractivity contribution is 0.667. The highest BCUT2D eigenvalue weighted by Crippen LogP contribution is 2.54. The van der Waals surface area contributed by atoms with Crippen LogP contribution in [0.5, 0.6) is 0 Å². The van der Waals surface area contributed by atoms with E-state index in [1.165, 1.54) is 42.4 Å². The van der Waals surface area contributed by atoms with Crippen molar-refractivity contribution in [2.24, 2.45) is 0 Å². The molecule has 210 valence electrons. The largest absolute Gasteiger partial charge is 0.309 e. The fourth-order valence-corrected chi connectivity index (χ4v) is 8.96. The van der Waals surface area contributed by atoms with Crippen LogP contribution >= 0.6 is 11.3 Å². The van der Waals surface area contributed by atoms with Gasteiger partial charge in [-0.05, 0) is 75.7 Å². The summed E-state index contributed by atoms with van der Waals surface area (Å²) in [5, 5.41) is 14.6. The van der Waals surface area contributed by atoms with Gasteiger partial charge in [-0.25, -0.2) is 4.85 Å². The van der Waals surface area contributed by atoms with Crippen molar-refractivity contribution in [2.45, 2.75) is 19.3 Å². The summed E-state index contributed by atoms with van der Waals surface area (Å²) in [4.78, 5) is 3.69. The first-order chi connectivity index (χ1) is 22.0. The van der Waals surface area contributed by atoms with Crippen LogP contribution < -0.4 is 0 Å². The lowest BCUT2D eigenvalue weighted by Crippen LogP contribution is -2.14. The molecule has 0 aliphatic heterocycles. The Kier molecular flexibility index (Phi) is 5.25. The van der Waals surface area contributed by atoms with E-state index in [0.29, 0.717) is 11.3 Å². The van der Waals surface area contributed by atoms with E-state index in [1.807, 2.05) is 53.8 Å². The summed E-state index contributed by atoms with van der Waals surface area (Å²) in [5.74, 6) is 0. The monoisotopic (exact) mass is 591 g/mol. The van der Waals surface area contributed by atoms with Gasteiger partial charge in [0.15, 0.2) is 5.69 Å². The quantitative estimate of drug-likeness (QED) is 0.184. The molecule has 0 unspecified atom stereocenters. The maximum absolute atomic E-state index is 9.94. The molecule has 2 heterocycles. The molecule has 6 aromatic carbocycles. The van der Waals surface area contributed by atoms with Crippen LogP contribution in [0.15, 0.2) is 115 Å². The van der Waals surface area contributed by atoms with Crippen LogP contribution in [0.2, 0.25) is 0 Å². The Bertz CT molecular complexity index is 2650. The lowest BCUT2D eigenvalue weighted by atomic mass is 9.82. The van der Waals surface area contributed by atoms with E-state index in [4.69, 9.17) is 6.57 Å². The second-order valence-corrected chi connectivity index (χ2v) is 13.4. The summed E-state index contributed by atoms with van der Waals surface area (Å²) >= 11 is 1.89. The van der Waals surface area contributed by atoms with Crippen LogP contribution in [-0.2, 0) is 5.41 Å². The topological polar surface area (TPSA) is 33.1 Å². The van der Waals surface area contributed by atoms with Gasteiger partial charge in [-0.1, -0.05) is 86.6 Å². The van der Waals surface area contributed by atoms with Crippen molar-refractivity contribution in [3.63, 3.8) is 0 Å². The molecule has 2 aromatic heterocycles. The Balaban J connectivity index is 1.30. The number of nitriles is 1. The van der Waals surface area contributed by atoms with E-state index in [2.05, 4.69) is 102 Å². The van der Waals surface area contributed by atoms with Crippen molar-refractivity contribution in [1.82, 2.24) is 4.57 Å². The summed E-state index contributed by atoms with van der Waals surface area (Å²) in [6, 6.07) is 42.7. The highest BCUT2D eigenvalue weighted by Gasteiger charge is 2.37. The summed E-state index contributed by atoms with van der Waals surface area (Å²) < 4.78 is 4.88. The van der Waals surface area contributed by atoms with E-state index in [0.717, 1.165) is 38.6 Å². The standard InChI is InChI=1S/C41H25N3S/c1-41(2)34-10-6-4-8-28(34)30-16-17-31-33-21-25(13-19-38(33)45-40(31)39(30)41)27-15-12-24(23-42)20-37(27)44-35-11-7-5-9-29(35)32-22-26(43-3)14-18-36(32)44/h4-22H,1-2H3. The normalized spacial score (nSPS) is 13.2. The molecular formula is C41H25N3S. The molecule has 3 nitrogen and oxygen atoms in total. The Morgan fingerprint density at radius 3 is 2.38 bits per heavy atom. The zero-order valence-electron chi connectivity index (χ0n) is 24.7. The molecule has 45 heavy (non-hydrogen) atoms. The van der Waals surface area contributed by atoms with Crippen LogP contribution in [0.4, 0.5) is 5.69 Å². The molecule has 0 saturated heterocycles. The molecule has 0 saturated carbocycles. The number of aromatic nitrogens is 1. The number of thiophene rings is 1. The van der Waals surface area contributed by atoms with Gasteiger partial charge in [0.2, 0.25) is 0 Å². The van der Waals surface area contributed by atoms with Crippen molar-refractivity contribution in [3.05, 3.63) is 143 Å². The van der Waals surface area contributed by atoms with Crippen LogP contribution in [0.3, 0.4) is 0 Å². The predicted molar refractivity (Wildman–Crippen MR) is 188 cm³/mol. The van der Waals surface area contributed by atoms with Gasteiger partial charge in [-0.3, -0.25) is 0 Å². The molecule has 0 atom stereocenters. The average Bonchev–Trinajstić information content (AvgIpc) is 3.69. The molecule has 0 radical (unpaired) electrons. The lowest BCUT2D eigenvalue weighted by Gasteiger charge is -2.22. The second-order valence-electron chi connectivity index (χ2n) is 12.4. The van der Waals surface area contributed by atoms with E-state index in [1.54, 1.807) is 0 Å². The minimum Gasteiger partial charge on any atom is -0.309 e. The average molecular weight is 592 g/mol. The van der Waals surface area contributed by atoms with Crippen molar-refractivity contribution in [2.75, 3.05) is 0 Å². The second kappa shape index (κ2) is 9.16. The Labute approximate surface area is 264 Å². The molecule has 0 fully saturated rings. The fourth-order valence-electron chi connectivity index (χ4n) is 7.57. The Morgan fingerprint density at radius 1 is 0.711 bits per heavy atom. The van der Waals surface area contributed by atoms with E-state index >= 15 is 0 Å². The van der Waals surface area contributed by atoms with Crippen LogP contribution in [-0.4, -0.2) is 4.57 Å². The number of hydrogen-bond acceptors (Lipinski definition) is 2. The minimum atomic E-state index is -0.0704. The summed E-state index contributed by atoms with van der Waals surface area (Å²) in [7, 11) is 0. The summed E-state index contributed by atoms with van der Waals surface area (Å²) in [6.07, 6.45) is 0. The van der Waals surface area contributed by atoms with Gasteiger partial charge in [-0.2, -0.15) is 5.26 Å². The highest BCUT2D eigenvalue weighted by atomic mass is 32.1. The molecule has 0 amide bonds. The number of para-hydroxylation sites is 1. The first kappa shape index (κ1) is 25.8. The van der Waals surface area contributed by atoms with Crippen molar-refractivity contribution < 1.29 is 0 Å². The Morgan fingerprint density at radius 2 is 1.51 bits per heavy atom. The van der Waals surface area contributed by atoms with Crippen LogP contribution in [0.25, 0.3) is 74.8 Å². The molecule has 0 bridgehead atoms. The number of nitrogens with zero attached hydrogens (tertiary/aromatic N) is 3. The van der Waals surface area contributed by atoms with Crippen molar-refractivity contribution in [3.8, 4) is 34.0 Å². The first-order valence-corrected chi connectivity index (χ1v) is 15.8. The third-order valence-electron chi connectivity index (χ3n) is 9.62. The molecular weight excluding hydrogens is 567 g/mol. The summed E-state index contributed by atoms with van der Waals surface area (Å²) in [6.45, 7) is 12.3. The molecule has 9 rings (SSSR count). The molecule has 8 aromatic rings. The smallest absolute Gasteiger partial charge is 0.188 e. The van der Waals surface area contributed by atoms with E-state index < -0.39 is 0 Å². The number of hydrogen-bond donors (Lipinski definition) is 0. The summed E-state index contributed by atoms with van der Waals surface area (Å²) in [5.41, 5.74) is 11.8. The fraction of sp³-hybridized carbons (Fsp3) is 0.0732. The van der Waals surface area contributed by atoms with Gasteiger partial charge in [0.25, 0.3) is 0 Å². The maximum Gasteiger partial charge on any atom is 0.188 e. The SMILES string of the molecule is [C-]#[N+]c1ccc2c(c1)c1ccccc1n2-c1cc(C#N)ccc1-c1ccc2sc3c4c(ccc3c2c1)-c1ccccc1C4(C)C. The number of fused-ring (bicyclic) bond motifs is 10. The van der Waals surface area contributed by atoms with Gasteiger partial charge in [0.1, 0.15) is 0 Å². The number of benzene rings is 6. The Hall–Kier alpha value is -5.68. The van der Waals surface area contributed by atoms with Gasteiger partial charge >= 0.3 is 0 Å². The maximum atomic E-state index is 9.94. The molecule has 0 spiro atoms. The molecule has 1 aliphatic carbocycles. The zero-order valence-corrected chi connectivity index (χ0v) is 25.5. The minimum absolute atomic E-state index is 0.0704. The third kappa shape index (κ3) is 3.49.